The lowest BCUT2D eigenvalue weighted by Crippen LogP contribution is -2.49. The highest BCUT2D eigenvalue weighted by atomic mass is 16.5. The number of rotatable bonds is 3. The van der Waals surface area contributed by atoms with Crippen molar-refractivity contribution >= 4 is 5.91 Å². The fourth-order valence-electron chi connectivity index (χ4n) is 2.39. The number of carbonyl (C=O) groups excluding carboxylic acids is 1. The summed E-state index contributed by atoms with van der Waals surface area (Å²) >= 11 is 0. The molecular formula is C15H22N2O2. The van der Waals surface area contributed by atoms with E-state index in [9.17, 15) is 4.79 Å². The summed E-state index contributed by atoms with van der Waals surface area (Å²) in [6.45, 7) is 5.80. The van der Waals surface area contributed by atoms with Crippen LogP contribution in [0.5, 0.6) is 0 Å². The predicted octanol–water partition coefficient (Wildman–Crippen LogP) is 1.63. The number of hydrogen-bond donors (Lipinski definition) is 1. The van der Waals surface area contributed by atoms with Gasteiger partial charge < -0.3 is 15.4 Å². The van der Waals surface area contributed by atoms with E-state index in [0.717, 1.165) is 5.56 Å². The Labute approximate surface area is 114 Å². The van der Waals surface area contributed by atoms with Gasteiger partial charge in [0.15, 0.2) is 0 Å². The Hall–Kier alpha value is -1.39. The molecule has 2 rings (SSSR count). The lowest BCUT2D eigenvalue weighted by molar-refractivity contribution is -0.140. The molecule has 0 unspecified atom stereocenters. The second-order valence-corrected chi connectivity index (χ2v) is 5.02. The molecule has 1 aromatic carbocycles. The average molecular weight is 262 g/mol. The van der Waals surface area contributed by atoms with Crippen molar-refractivity contribution in [1.29, 1.82) is 0 Å². The fraction of sp³-hybridized carbons (Fsp3) is 0.533. The minimum absolute atomic E-state index is 0.0318. The number of amides is 1. The number of ether oxygens (including phenoxy) is 1. The Kier molecular flexibility index (Phi) is 4.56. The first-order valence-corrected chi connectivity index (χ1v) is 6.85. The molecule has 2 N–H and O–H groups in total. The van der Waals surface area contributed by atoms with E-state index in [1.807, 2.05) is 24.0 Å². The molecular weight excluding hydrogens is 240 g/mol. The van der Waals surface area contributed by atoms with Crippen molar-refractivity contribution in [3.63, 3.8) is 0 Å². The highest BCUT2D eigenvalue weighted by molar-refractivity contribution is 5.81. The molecule has 104 valence electrons. The van der Waals surface area contributed by atoms with Gasteiger partial charge >= 0.3 is 0 Å². The van der Waals surface area contributed by atoms with Crippen LogP contribution in [0.2, 0.25) is 0 Å². The molecule has 0 aliphatic carbocycles. The van der Waals surface area contributed by atoms with E-state index in [-0.39, 0.29) is 12.0 Å². The Morgan fingerprint density at radius 2 is 2.26 bits per heavy atom. The maximum atomic E-state index is 12.1. The highest BCUT2D eigenvalue weighted by Gasteiger charge is 2.28. The summed E-state index contributed by atoms with van der Waals surface area (Å²) in [5.41, 5.74) is 8.18. The first-order valence-electron chi connectivity index (χ1n) is 6.85. The van der Waals surface area contributed by atoms with E-state index >= 15 is 0 Å². The molecule has 1 aromatic rings. The molecule has 2 atom stereocenters. The minimum Gasteiger partial charge on any atom is -0.370 e. The second kappa shape index (κ2) is 6.17. The van der Waals surface area contributed by atoms with Gasteiger partial charge in [-0.1, -0.05) is 31.2 Å². The SMILES string of the molecule is CC[C@@H](N)C(=O)N1CCO[C@H](c2ccccc2C)C1. The lowest BCUT2D eigenvalue weighted by Gasteiger charge is -2.35. The molecule has 0 saturated carbocycles. The summed E-state index contributed by atoms with van der Waals surface area (Å²) < 4.78 is 5.80. The van der Waals surface area contributed by atoms with Crippen LogP contribution in [-0.2, 0) is 9.53 Å². The third-order valence-corrected chi connectivity index (χ3v) is 3.67. The van der Waals surface area contributed by atoms with Crippen LogP contribution in [0.25, 0.3) is 0 Å². The molecule has 19 heavy (non-hydrogen) atoms. The average Bonchev–Trinajstić information content (AvgIpc) is 2.46. The van der Waals surface area contributed by atoms with Crippen LogP contribution in [0.4, 0.5) is 0 Å². The van der Waals surface area contributed by atoms with Gasteiger partial charge in [0.05, 0.1) is 19.2 Å². The van der Waals surface area contributed by atoms with E-state index in [1.165, 1.54) is 5.56 Å². The molecule has 0 aromatic heterocycles. The van der Waals surface area contributed by atoms with Gasteiger partial charge in [0.2, 0.25) is 5.91 Å². The van der Waals surface area contributed by atoms with Crippen LogP contribution in [0.1, 0.15) is 30.6 Å². The number of carbonyl (C=O) groups is 1. The molecule has 0 bridgehead atoms. The topological polar surface area (TPSA) is 55.6 Å². The summed E-state index contributed by atoms with van der Waals surface area (Å²) in [4.78, 5) is 14.0. The Morgan fingerprint density at radius 1 is 1.53 bits per heavy atom. The van der Waals surface area contributed by atoms with Gasteiger partial charge in [0.1, 0.15) is 6.10 Å². The van der Waals surface area contributed by atoms with Crippen LogP contribution >= 0.6 is 0 Å². The van der Waals surface area contributed by atoms with Crippen LogP contribution < -0.4 is 5.73 Å². The summed E-state index contributed by atoms with van der Waals surface area (Å²) in [7, 11) is 0. The van der Waals surface area contributed by atoms with E-state index in [4.69, 9.17) is 10.5 Å². The zero-order valence-electron chi connectivity index (χ0n) is 11.6. The molecule has 1 fully saturated rings. The Bertz CT molecular complexity index is 448. The van der Waals surface area contributed by atoms with E-state index in [0.29, 0.717) is 26.1 Å². The van der Waals surface area contributed by atoms with Crippen molar-refractivity contribution in [2.45, 2.75) is 32.4 Å². The first-order chi connectivity index (χ1) is 9.13. The third kappa shape index (κ3) is 3.14. The van der Waals surface area contributed by atoms with Gasteiger partial charge in [-0.25, -0.2) is 0 Å². The molecule has 4 nitrogen and oxygen atoms in total. The zero-order valence-corrected chi connectivity index (χ0v) is 11.6. The summed E-state index contributed by atoms with van der Waals surface area (Å²) in [5, 5.41) is 0. The third-order valence-electron chi connectivity index (χ3n) is 3.67. The second-order valence-electron chi connectivity index (χ2n) is 5.02. The summed E-state index contributed by atoms with van der Waals surface area (Å²) in [6, 6.07) is 7.75. The van der Waals surface area contributed by atoms with Crippen molar-refractivity contribution < 1.29 is 9.53 Å². The van der Waals surface area contributed by atoms with Gasteiger partial charge in [-0.3, -0.25) is 4.79 Å². The molecule has 1 aliphatic rings. The maximum absolute atomic E-state index is 12.1. The van der Waals surface area contributed by atoms with Crippen molar-refractivity contribution in [2.75, 3.05) is 19.7 Å². The molecule has 1 heterocycles. The molecule has 1 saturated heterocycles. The van der Waals surface area contributed by atoms with Crippen molar-refractivity contribution in [3.05, 3.63) is 35.4 Å². The Balaban J connectivity index is 2.09. The van der Waals surface area contributed by atoms with Gasteiger partial charge in [-0.2, -0.15) is 0 Å². The monoisotopic (exact) mass is 262 g/mol. The minimum atomic E-state index is -0.393. The maximum Gasteiger partial charge on any atom is 0.239 e. The van der Waals surface area contributed by atoms with Crippen molar-refractivity contribution in [2.24, 2.45) is 5.73 Å². The van der Waals surface area contributed by atoms with Crippen molar-refractivity contribution in [3.8, 4) is 0 Å². The lowest BCUT2D eigenvalue weighted by atomic mass is 10.0. The van der Waals surface area contributed by atoms with Crippen LogP contribution in [0, 0.1) is 6.92 Å². The highest BCUT2D eigenvalue weighted by Crippen LogP contribution is 2.25. The van der Waals surface area contributed by atoms with E-state index in [1.54, 1.807) is 0 Å². The predicted molar refractivity (Wildman–Crippen MR) is 74.7 cm³/mol. The van der Waals surface area contributed by atoms with E-state index in [2.05, 4.69) is 19.1 Å². The summed E-state index contributed by atoms with van der Waals surface area (Å²) in [5.74, 6) is 0.0318. The fourth-order valence-corrected chi connectivity index (χ4v) is 2.39. The number of nitrogens with zero attached hydrogens (tertiary/aromatic N) is 1. The molecule has 0 spiro atoms. The van der Waals surface area contributed by atoms with Gasteiger partial charge in [-0.05, 0) is 24.5 Å². The van der Waals surface area contributed by atoms with Gasteiger partial charge in [-0.15, -0.1) is 0 Å². The van der Waals surface area contributed by atoms with E-state index < -0.39 is 6.04 Å². The molecule has 1 aliphatic heterocycles. The number of nitrogens with two attached hydrogens (primary N) is 1. The number of benzene rings is 1. The number of hydrogen-bond acceptors (Lipinski definition) is 3. The number of aryl methyl sites for hydroxylation is 1. The normalized spacial score (nSPS) is 21.2. The smallest absolute Gasteiger partial charge is 0.239 e. The Morgan fingerprint density at radius 3 is 2.95 bits per heavy atom. The quantitative estimate of drug-likeness (QED) is 0.901. The van der Waals surface area contributed by atoms with Gasteiger partial charge in [0.25, 0.3) is 0 Å². The largest absolute Gasteiger partial charge is 0.370 e. The first kappa shape index (κ1) is 14.0. The molecule has 4 heteroatoms. The molecule has 1 amide bonds. The van der Waals surface area contributed by atoms with Crippen LogP contribution in [0.15, 0.2) is 24.3 Å². The van der Waals surface area contributed by atoms with Crippen LogP contribution in [-0.4, -0.2) is 36.5 Å². The zero-order chi connectivity index (χ0) is 13.8. The summed E-state index contributed by atoms with van der Waals surface area (Å²) in [6.07, 6.45) is 0.633. The van der Waals surface area contributed by atoms with Gasteiger partial charge in [0, 0.05) is 6.54 Å². The standard InChI is InChI=1S/C15H22N2O2/c1-3-13(16)15(18)17-8-9-19-14(10-17)12-7-5-4-6-11(12)2/h4-7,13-14H,3,8-10,16H2,1-2H3/t13-,14+/m1/s1. The van der Waals surface area contributed by atoms with Crippen LogP contribution in [0.3, 0.4) is 0 Å². The number of morpholine rings is 1. The van der Waals surface area contributed by atoms with Crippen molar-refractivity contribution in [1.82, 2.24) is 4.90 Å². The molecule has 0 radical (unpaired) electrons.